The first-order valence-electron chi connectivity index (χ1n) is 6.60. The van der Waals surface area contributed by atoms with Crippen molar-refractivity contribution in [2.24, 2.45) is 0 Å². The Morgan fingerprint density at radius 2 is 1.90 bits per heavy atom. The summed E-state index contributed by atoms with van der Waals surface area (Å²) < 4.78 is 28.3. The summed E-state index contributed by atoms with van der Waals surface area (Å²) in [5.74, 6) is 0. The summed E-state index contributed by atoms with van der Waals surface area (Å²) in [4.78, 5) is 0.0806. The molecule has 112 valence electrons. The molecule has 3 N–H and O–H groups in total. The Balaban J connectivity index is 2.38. The molecule has 21 heavy (non-hydrogen) atoms. The number of anilines is 2. The third-order valence-corrected chi connectivity index (χ3v) is 4.98. The van der Waals surface area contributed by atoms with E-state index in [0.717, 1.165) is 22.9 Å². The topological polar surface area (TPSA) is 72.2 Å². The molecule has 2 rings (SSSR count). The van der Waals surface area contributed by atoms with Crippen LogP contribution in [0.3, 0.4) is 0 Å². The van der Waals surface area contributed by atoms with E-state index in [4.69, 9.17) is 5.73 Å². The van der Waals surface area contributed by atoms with E-state index >= 15 is 0 Å². The van der Waals surface area contributed by atoms with Gasteiger partial charge in [-0.15, -0.1) is 0 Å². The Kier molecular flexibility index (Phi) is 4.90. The lowest BCUT2D eigenvalue weighted by atomic mass is 10.1. The monoisotopic (exact) mass is 368 g/mol. The van der Waals surface area contributed by atoms with Gasteiger partial charge < -0.3 is 5.73 Å². The summed E-state index contributed by atoms with van der Waals surface area (Å²) in [6.45, 7) is 2.05. The summed E-state index contributed by atoms with van der Waals surface area (Å²) >= 11 is 3.27. The standard InChI is InChI=1S/C15H17BrN2O2S/c1-2-5-11-6-3-4-7-14(11)18-21(19,20)15-9-8-12(16)10-13(15)17/h3-4,6-10,18H,2,5,17H2,1H3. The number of nitrogens with one attached hydrogen (secondary N) is 1. The van der Waals surface area contributed by atoms with Crippen LogP contribution >= 0.6 is 15.9 Å². The molecule has 0 aliphatic rings. The molecule has 6 heteroatoms. The highest BCUT2D eigenvalue weighted by atomic mass is 79.9. The van der Waals surface area contributed by atoms with Gasteiger partial charge >= 0.3 is 0 Å². The second kappa shape index (κ2) is 6.49. The maximum absolute atomic E-state index is 12.5. The van der Waals surface area contributed by atoms with E-state index in [-0.39, 0.29) is 10.6 Å². The fourth-order valence-electron chi connectivity index (χ4n) is 2.07. The van der Waals surface area contributed by atoms with Gasteiger partial charge in [0.15, 0.2) is 0 Å². The van der Waals surface area contributed by atoms with E-state index in [1.165, 1.54) is 6.07 Å². The maximum atomic E-state index is 12.5. The minimum Gasteiger partial charge on any atom is -0.398 e. The Labute approximate surface area is 133 Å². The Hall–Kier alpha value is -1.53. The first kappa shape index (κ1) is 15.9. The fraction of sp³-hybridized carbons (Fsp3) is 0.200. The average molecular weight is 369 g/mol. The van der Waals surface area contributed by atoms with Gasteiger partial charge in [-0.05, 0) is 36.2 Å². The Bertz CT molecular complexity index is 745. The van der Waals surface area contributed by atoms with Crippen molar-refractivity contribution in [2.75, 3.05) is 10.5 Å². The second-order valence-electron chi connectivity index (χ2n) is 4.69. The van der Waals surface area contributed by atoms with Crippen LogP contribution in [0.25, 0.3) is 0 Å². The predicted molar refractivity (Wildman–Crippen MR) is 89.8 cm³/mol. The van der Waals surface area contributed by atoms with Crippen LogP contribution in [0.5, 0.6) is 0 Å². The molecule has 0 unspecified atom stereocenters. The highest BCUT2D eigenvalue weighted by molar-refractivity contribution is 9.10. The zero-order valence-electron chi connectivity index (χ0n) is 11.6. The lowest BCUT2D eigenvalue weighted by molar-refractivity contribution is 0.601. The lowest BCUT2D eigenvalue weighted by Crippen LogP contribution is -2.15. The van der Waals surface area contributed by atoms with Gasteiger partial charge in [0.2, 0.25) is 0 Å². The number of hydrogen-bond donors (Lipinski definition) is 2. The minimum absolute atomic E-state index is 0.0806. The number of para-hydroxylation sites is 1. The average Bonchev–Trinajstić information content (AvgIpc) is 2.40. The van der Waals surface area contributed by atoms with Crippen molar-refractivity contribution in [3.05, 3.63) is 52.5 Å². The van der Waals surface area contributed by atoms with E-state index in [1.807, 2.05) is 18.2 Å². The summed E-state index contributed by atoms with van der Waals surface area (Å²) in [5, 5.41) is 0. The number of benzene rings is 2. The highest BCUT2D eigenvalue weighted by Crippen LogP contribution is 2.26. The van der Waals surface area contributed by atoms with E-state index in [9.17, 15) is 8.42 Å². The molecule has 2 aromatic rings. The smallest absolute Gasteiger partial charge is 0.263 e. The zero-order chi connectivity index (χ0) is 15.5. The Morgan fingerprint density at radius 3 is 2.57 bits per heavy atom. The molecular weight excluding hydrogens is 352 g/mol. The highest BCUT2D eigenvalue weighted by Gasteiger charge is 2.18. The molecule has 0 aliphatic carbocycles. The van der Waals surface area contributed by atoms with E-state index in [1.54, 1.807) is 18.2 Å². The largest absolute Gasteiger partial charge is 0.398 e. The molecule has 0 saturated carbocycles. The predicted octanol–water partition coefficient (Wildman–Crippen LogP) is 3.78. The van der Waals surface area contributed by atoms with Gasteiger partial charge in [-0.25, -0.2) is 8.42 Å². The van der Waals surface area contributed by atoms with Crippen molar-refractivity contribution in [3.63, 3.8) is 0 Å². The van der Waals surface area contributed by atoms with Crippen LogP contribution in [0.15, 0.2) is 51.8 Å². The molecule has 0 spiro atoms. The number of nitrogen functional groups attached to an aromatic ring is 1. The van der Waals surface area contributed by atoms with Gasteiger partial charge in [0.25, 0.3) is 10.0 Å². The molecule has 0 radical (unpaired) electrons. The second-order valence-corrected chi connectivity index (χ2v) is 7.26. The molecule has 4 nitrogen and oxygen atoms in total. The summed E-state index contributed by atoms with van der Waals surface area (Å²) in [5.41, 5.74) is 7.59. The summed E-state index contributed by atoms with van der Waals surface area (Å²) in [6, 6.07) is 12.1. The third-order valence-electron chi connectivity index (χ3n) is 3.04. The molecule has 0 saturated heterocycles. The minimum atomic E-state index is -3.70. The van der Waals surface area contributed by atoms with Gasteiger partial charge in [0.05, 0.1) is 11.4 Å². The van der Waals surface area contributed by atoms with Crippen molar-refractivity contribution in [2.45, 2.75) is 24.7 Å². The van der Waals surface area contributed by atoms with Crippen molar-refractivity contribution < 1.29 is 8.42 Å². The Morgan fingerprint density at radius 1 is 1.19 bits per heavy atom. The molecular formula is C15H17BrN2O2S. The maximum Gasteiger partial charge on any atom is 0.263 e. The van der Waals surface area contributed by atoms with Crippen LogP contribution in [-0.4, -0.2) is 8.42 Å². The number of nitrogens with two attached hydrogens (primary N) is 1. The van der Waals surface area contributed by atoms with Crippen LogP contribution < -0.4 is 10.5 Å². The van der Waals surface area contributed by atoms with Gasteiger partial charge in [0, 0.05) is 4.47 Å². The molecule has 0 aliphatic heterocycles. The third kappa shape index (κ3) is 3.77. The van der Waals surface area contributed by atoms with E-state index in [0.29, 0.717) is 5.69 Å². The molecule has 0 amide bonds. The summed E-state index contributed by atoms with van der Waals surface area (Å²) in [7, 11) is -3.70. The number of sulfonamides is 1. The van der Waals surface area contributed by atoms with Crippen LogP contribution in [0.2, 0.25) is 0 Å². The molecule has 0 bridgehead atoms. The molecule has 0 fully saturated rings. The van der Waals surface area contributed by atoms with E-state index < -0.39 is 10.0 Å². The normalized spacial score (nSPS) is 11.3. The van der Waals surface area contributed by atoms with Crippen molar-refractivity contribution in [1.82, 2.24) is 0 Å². The number of rotatable bonds is 5. The summed E-state index contributed by atoms with van der Waals surface area (Å²) in [6.07, 6.45) is 1.76. The number of halogens is 1. The van der Waals surface area contributed by atoms with Crippen LogP contribution in [0.1, 0.15) is 18.9 Å². The molecule has 0 aromatic heterocycles. The van der Waals surface area contributed by atoms with Gasteiger partial charge in [-0.3, -0.25) is 4.72 Å². The number of aryl methyl sites for hydroxylation is 1. The van der Waals surface area contributed by atoms with Gasteiger partial charge in [0.1, 0.15) is 4.90 Å². The van der Waals surface area contributed by atoms with Crippen molar-refractivity contribution in [3.8, 4) is 0 Å². The van der Waals surface area contributed by atoms with Gasteiger partial charge in [-0.1, -0.05) is 47.5 Å². The quantitative estimate of drug-likeness (QED) is 0.788. The van der Waals surface area contributed by atoms with Gasteiger partial charge in [-0.2, -0.15) is 0 Å². The lowest BCUT2D eigenvalue weighted by Gasteiger charge is -2.13. The van der Waals surface area contributed by atoms with Crippen molar-refractivity contribution >= 4 is 37.3 Å². The molecule has 2 aromatic carbocycles. The van der Waals surface area contributed by atoms with Crippen LogP contribution in [-0.2, 0) is 16.4 Å². The van der Waals surface area contributed by atoms with E-state index in [2.05, 4.69) is 27.6 Å². The fourth-order valence-corrected chi connectivity index (χ4v) is 3.66. The van der Waals surface area contributed by atoms with Crippen LogP contribution in [0, 0.1) is 0 Å². The number of hydrogen-bond acceptors (Lipinski definition) is 3. The first-order valence-corrected chi connectivity index (χ1v) is 8.87. The van der Waals surface area contributed by atoms with Crippen LogP contribution in [0.4, 0.5) is 11.4 Å². The first-order chi connectivity index (χ1) is 9.94. The zero-order valence-corrected chi connectivity index (χ0v) is 14.0. The molecule has 0 atom stereocenters. The SMILES string of the molecule is CCCc1ccccc1NS(=O)(=O)c1ccc(Br)cc1N. The van der Waals surface area contributed by atoms with Crippen molar-refractivity contribution in [1.29, 1.82) is 0 Å². The molecule has 0 heterocycles.